The van der Waals surface area contributed by atoms with Gasteiger partial charge < -0.3 is 9.84 Å². The van der Waals surface area contributed by atoms with Crippen molar-refractivity contribution in [3.8, 4) is 0 Å². The minimum Gasteiger partial charge on any atom is -0.394 e. The van der Waals surface area contributed by atoms with Crippen LogP contribution < -0.4 is 0 Å². The first-order valence-electron chi connectivity index (χ1n) is 2.10. The van der Waals surface area contributed by atoms with E-state index in [0.717, 1.165) is 0 Å². The van der Waals surface area contributed by atoms with E-state index in [4.69, 9.17) is 9.84 Å². The van der Waals surface area contributed by atoms with Crippen molar-refractivity contribution in [2.24, 2.45) is 0 Å². The minimum atomic E-state index is 0. The molecule has 0 rings (SSSR count). The van der Waals surface area contributed by atoms with Crippen molar-refractivity contribution in [2.75, 3.05) is 19.8 Å². The predicted octanol–water partition coefficient (Wildman–Crippen LogP) is -0.104. The summed E-state index contributed by atoms with van der Waals surface area (Å²) in [5.41, 5.74) is 0. The SMILES string of the molecule is CCOCCO.[O]. The summed E-state index contributed by atoms with van der Waals surface area (Å²) in [4.78, 5) is 0. The molecule has 0 fully saturated rings. The maximum Gasteiger partial charge on any atom is 0.0697 e. The fraction of sp³-hybridized carbons (Fsp3) is 1.00. The Hall–Kier alpha value is -0.120. The second-order valence-electron chi connectivity index (χ2n) is 0.921. The molecule has 3 heteroatoms. The zero-order valence-corrected chi connectivity index (χ0v) is 4.39. The molecule has 3 nitrogen and oxygen atoms in total. The van der Waals surface area contributed by atoms with Crippen LogP contribution in [-0.2, 0) is 10.2 Å². The molecule has 0 aliphatic rings. The van der Waals surface area contributed by atoms with Crippen LogP contribution in [0.3, 0.4) is 0 Å². The van der Waals surface area contributed by atoms with Gasteiger partial charge in [-0.1, -0.05) is 0 Å². The van der Waals surface area contributed by atoms with Crippen molar-refractivity contribution in [3.63, 3.8) is 0 Å². The molecular formula is C4H10O3. The molecule has 0 aliphatic carbocycles. The maximum absolute atomic E-state index is 8.07. The van der Waals surface area contributed by atoms with E-state index in [0.29, 0.717) is 13.2 Å². The molecule has 0 amide bonds. The van der Waals surface area contributed by atoms with Crippen molar-refractivity contribution in [1.29, 1.82) is 0 Å². The molecule has 0 bridgehead atoms. The third kappa shape index (κ3) is 10.7. The molecule has 0 heterocycles. The lowest BCUT2D eigenvalue weighted by Gasteiger charge is -1.91. The first-order valence-corrected chi connectivity index (χ1v) is 2.10. The topological polar surface area (TPSA) is 58.0 Å². The van der Waals surface area contributed by atoms with E-state index in [1.54, 1.807) is 0 Å². The number of hydrogen-bond donors (Lipinski definition) is 1. The molecule has 0 atom stereocenters. The molecule has 2 radical (unpaired) electrons. The van der Waals surface area contributed by atoms with E-state index < -0.39 is 0 Å². The van der Waals surface area contributed by atoms with E-state index in [9.17, 15) is 0 Å². The zero-order chi connectivity index (χ0) is 4.83. The Morgan fingerprint density at radius 1 is 1.57 bits per heavy atom. The van der Waals surface area contributed by atoms with Gasteiger partial charge in [0, 0.05) is 12.1 Å². The van der Waals surface area contributed by atoms with Crippen LogP contribution in [0.5, 0.6) is 0 Å². The number of aliphatic hydroxyl groups excluding tert-OH is 1. The van der Waals surface area contributed by atoms with Gasteiger partial charge >= 0.3 is 0 Å². The molecule has 1 N–H and O–H groups in total. The van der Waals surface area contributed by atoms with Crippen molar-refractivity contribution >= 4 is 0 Å². The van der Waals surface area contributed by atoms with Crippen molar-refractivity contribution in [3.05, 3.63) is 0 Å². The van der Waals surface area contributed by atoms with Gasteiger partial charge in [-0.3, -0.25) is 0 Å². The van der Waals surface area contributed by atoms with Crippen LogP contribution in [0.2, 0.25) is 0 Å². The van der Waals surface area contributed by atoms with Crippen molar-refractivity contribution in [1.82, 2.24) is 0 Å². The Kier molecular flexibility index (Phi) is 13.3. The first-order chi connectivity index (χ1) is 2.91. The number of aliphatic hydroxyl groups is 1. The van der Waals surface area contributed by atoms with Gasteiger partial charge in [0.25, 0.3) is 0 Å². The van der Waals surface area contributed by atoms with Crippen LogP contribution in [0, 0.1) is 0 Å². The highest BCUT2D eigenvalue weighted by atomic mass is 16.5. The van der Waals surface area contributed by atoms with Crippen molar-refractivity contribution < 1.29 is 15.3 Å². The van der Waals surface area contributed by atoms with E-state index in [1.165, 1.54) is 0 Å². The highest BCUT2D eigenvalue weighted by Gasteiger charge is 1.73. The zero-order valence-electron chi connectivity index (χ0n) is 4.39. The van der Waals surface area contributed by atoms with Gasteiger partial charge in [-0.05, 0) is 6.92 Å². The molecule has 0 aromatic heterocycles. The standard InChI is InChI=1S/C4H10O2.O/c1-2-6-4-3-5;/h5H,2-4H2,1H3;. The minimum absolute atomic E-state index is 0. The molecule has 0 aliphatic heterocycles. The van der Waals surface area contributed by atoms with Gasteiger partial charge in [-0.2, -0.15) is 0 Å². The lowest BCUT2D eigenvalue weighted by Crippen LogP contribution is -1.96. The number of ether oxygens (including phenoxy) is 1. The molecule has 44 valence electrons. The molecule has 0 aromatic rings. The summed E-state index contributed by atoms with van der Waals surface area (Å²) < 4.78 is 4.73. The van der Waals surface area contributed by atoms with Gasteiger partial charge in [-0.15, -0.1) is 0 Å². The molecule has 7 heavy (non-hydrogen) atoms. The van der Waals surface area contributed by atoms with Gasteiger partial charge in [-0.25, -0.2) is 0 Å². The highest BCUT2D eigenvalue weighted by molar-refractivity contribution is 4.18. The second-order valence-corrected chi connectivity index (χ2v) is 0.921. The fourth-order valence-corrected chi connectivity index (χ4v) is 0.209. The fourth-order valence-electron chi connectivity index (χ4n) is 0.209. The highest BCUT2D eigenvalue weighted by Crippen LogP contribution is 1.66. The average Bonchev–Trinajstić information content (AvgIpc) is 1.61. The summed E-state index contributed by atoms with van der Waals surface area (Å²) in [6.45, 7) is 3.20. The quantitative estimate of drug-likeness (QED) is 0.510. The Morgan fingerprint density at radius 2 is 2.14 bits per heavy atom. The first kappa shape index (κ1) is 9.99. The predicted molar refractivity (Wildman–Crippen MR) is 24.3 cm³/mol. The van der Waals surface area contributed by atoms with Gasteiger partial charge in [0.05, 0.1) is 13.2 Å². The third-order valence-electron chi connectivity index (χ3n) is 0.440. The van der Waals surface area contributed by atoms with E-state index in [1.807, 2.05) is 6.92 Å². The summed E-state index contributed by atoms with van der Waals surface area (Å²) >= 11 is 0. The van der Waals surface area contributed by atoms with E-state index >= 15 is 0 Å². The Labute approximate surface area is 43.2 Å². The largest absolute Gasteiger partial charge is 0.394 e. The van der Waals surface area contributed by atoms with Gasteiger partial charge in [0.1, 0.15) is 0 Å². The summed E-state index contributed by atoms with van der Waals surface area (Å²) in [5.74, 6) is 0. The monoisotopic (exact) mass is 106 g/mol. The molecule has 0 spiro atoms. The van der Waals surface area contributed by atoms with Crippen LogP contribution in [0.25, 0.3) is 0 Å². The smallest absolute Gasteiger partial charge is 0.0697 e. The van der Waals surface area contributed by atoms with E-state index in [-0.39, 0.29) is 12.1 Å². The third-order valence-corrected chi connectivity index (χ3v) is 0.440. The van der Waals surface area contributed by atoms with Gasteiger partial charge in [0.2, 0.25) is 0 Å². The van der Waals surface area contributed by atoms with Gasteiger partial charge in [0.15, 0.2) is 0 Å². The lowest BCUT2D eigenvalue weighted by molar-refractivity contribution is 0.102. The summed E-state index contributed by atoms with van der Waals surface area (Å²) in [7, 11) is 0. The van der Waals surface area contributed by atoms with Crippen molar-refractivity contribution in [2.45, 2.75) is 6.92 Å². The summed E-state index contributed by atoms with van der Waals surface area (Å²) in [6, 6.07) is 0. The Bertz CT molecular complexity index is 18.9. The normalized spacial score (nSPS) is 7.71. The molecule has 0 saturated heterocycles. The van der Waals surface area contributed by atoms with Crippen LogP contribution in [0.1, 0.15) is 6.92 Å². The molecular weight excluding hydrogens is 96.0 g/mol. The van der Waals surface area contributed by atoms with Crippen LogP contribution in [-0.4, -0.2) is 24.9 Å². The number of rotatable bonds is 3. The maximum atomic E-state index is 8.07. The van der Waals surface area contributed by atoms with Crippen LogP contribution in [0.15, 0.2) is 0 Å². The lowest BCUT2D eigenvalue weighted by atomic mass is 10.8. The summed E-state index contributed by atoms with van der Waals surface area (Å²) in [6.07, 6.45) is 0. The second kappa shape index (κ2) is 9.30. The van der Waals surface area contributed by atoms with Crippen LogP contribution >= 0.6 is 0 Å². The molecule has 0 unspecified atom stereocenters. The van der Waals surface area contributed by atoms with E-state index in [2.05, 4.69) is 0 Å². The molecule has 0 saturated carbocycles. The van der Waals surface area contributed by atoms with Crippen LogP contribution in [0.4, 0.5) is 0 Å². The number of hydrogen-bond acceptors (Lipinski definition) is 2. The Morgan fingerprint density at radius 3 is 2.29 bits per heavy atom. The Balaban J connectivity index is 0. The summed E-state index contributed by atoms with van der Waals surface area (Å²) in [5, 5.41) is 8.07. The average molecular weight is 106 g/mol. The molecule has 0 aromatic carbocycles.